The van der Waals surface area contributed by atoms with E-state index in [0.717, 1.165) is 5.92 Å². The normalized spacial score (nSPS) is 27.3. The van der Waals surface area contributed by atoms with Gasteiger partial charge in [-0.15, -0.1) is 0 Å². The third-order valence-electron chi connectivity index (χ3n) is 11.0. The summed E-state index contributed by atoms with van der Waals surface area (Å²) in [6.07, 6.45) is 24.4. The monoisotopic (exact) mass is 458 g/mol. The van der Waals surface area contributed by atoms with Gasteiger partial charge in [-0.2, -0.15) is 0 Å². The Balaban J connectivity index is 2.24. The molecule has 0 spiro atoms. The second kappa shape index (κ2) is 14.6. The van der Waals surface area contributed by atoms with Crippen molar-refractivity contribution < 1.29 is 4.39 Å². The molecular formula is C29H58B3F. The van der Waals surface area contributed by atoms with E-state index in [1.54, 1.807) is 0 Å². The molecule has 0 radical (unpaired) electrons. The van der Waals surface area contributed by atoms with Crippen LogP contribution in [0.4, 0.5) is 4.39 Å². The zero-order chi connectivity index (χ0) is 24.3. The minimum Gasteiger partial charge on any atom is -0.251 e. The highest BCUT2D eigenvalue weighted by Crippen LogP contribution is 2.57. The van der Waals surface area contributed by atoms with Crippen LogP contribution in [0, 0.1) is 23.7 Å². The molecular weight excluding hydrogens is 400 g/mol. The smallest absolute Gasteiger partial charge is 0.108 e. The quantitative estimate of drug-likeness (QED) is 0.314. The van der Waals surface area contributed by atoms with Gasteiger partial charge in [0.05, 0.1) is 6.67 Å². The van der Waals surface area contributed by atoms with Crippen LogP contribution in [0.15, 0.2) is 0 Å². The van der Waals surface area contributed by atoms with E-state index in [1.807, 2.05) is 0 Å². The molecule has 2 fully saturated rings. The molecule has 0 saturated heterocycles. The molecule has 0 aromatic rings. The summed E-state index contributed by atoms with van der Waals surface area (Å²) in [5, 5.41) is 0.594. The summed E-state index contributed by atoms with van der Waals surface area (Å²) in [5.41, 5.74) is 0. The van der Waals surface area contributed by atoms with Crippen molar-refractivity contribution in [2.24, 2.45) is 23.7 Å². The molecule has 0 nitrogen and oxygen atoms in total. The van der Waals surface area contributed by atoms with Crippen molar-refractivity contribution >= 4 is 23.5 Å². The lowest BCUT2D eigenvalue weighted by molar-refractivity contribution is 0.0891. The Kier molecular flexibility index (Phi) is 13.0. The highest BCUT2D eigenvalue weighted by Gasteiger charge is 2.41. The van der Waals surface area contributed by atoms with Gasteiger partial charge in [0.2, 0.25) is 0 Å². The van der Waals surface area contributed by atoms with E-state index in [9.17, 15) is 0 Å². The molecule has 0 aromatic carbocycles. The van der Waals surface area contributed by atoms with Gasteiger partial charge in [-0.25, -0.2) is 0 Å². The number of hydrogen-bond donors (Lipinski definition) is 0. The van der Waals surface area contributed by atoms with Crippen LogP contribution >= 0.6 is 0 Å². The molecule has 0 N–H and O–H groups in total. The van der Waals surface area contributed by atoms with Crippen LogP contribution in [0.5, 0.6) is 0 Å². The Bertz CT molecular complexity index is 499. The minimum atomic E-state index is -0.0696. The van der Waals surface area contributed by atoms with Crippen molar-refractivity contribution in [2.75, 3.05) is 6.67 Å². The van der Waals surface area contributed by atoms with E-state index >= 15 is 4.39 Å². The summed E-state index contributed by atoms with van der Waals surface area (Å²) in [6, 6.07) is 0. The van der Waals surface area contributed by atoms with Crippen molar-refractivity contribution in [1.29, 1.82) is 0 Å². The van der Waals surface area contributed by atoms with E-state index in [2.05, 4.69) is 44.3 Å². The summed E-state index contributed by atoms with van der Waals surface area (Å²) < 4.78 is 15.0. The zero-order valence-electron chi connectivity index (χ0n) is 23.7. The lowest BCUT2D eigenvalue weighted by Gasteiger charge is -2.47. The molecule has 0 amide bonds. The number of rotatable bonds is 9. The van der Waals surface area contributed by atoms with Gasteiger partial charge in [-0.1, -0.05) is 146 Å². The number of hydrogen-bond acceptors (Lipinski definition) is 0. The lowest BCUT2D eigenvalue weighted by Crippen LogP contribution is -2.35. The fourth-order valence-electron chi connectivity index (χ4n) is 7.21. The van der Waals surface area contributed by atoms with Gasteiger partial charge in [0.1, 0.15) is 23.5 Å². The van der Waals surface area contributed by atoms with Gasteiger partial charge in [0.25, 0.3) is 0 Å². The van der Waals surface area contributed by atoms with E-state index in [0.29, 0.717) is 28.9 Å². The van der Waals surface area contributed by atoms with Gasteiger partial charge < -0.3 is 0 Å². The SMILES string of the molecule is BC(C)[C@@](B)(C)C(B)(C)CC[C@@H](C1CCCCCCCC1)[C@H](CF)C1CCCCCCCC1. The first-order valence-electron chi connectivity index (χ1n) is 15.3. The predicted octanol–water partition coefficient (Wildman–Crippen LogP) is 7.53. The summed E-state index contributed by atoms with van der Waals surface area (Å²) in [5.74, 6) is 2.97. The molecule has 2 aliphatic carbocycles. The maximum Gasteiger partial charge on any atom is 0.108 e. The topological polar surface area (TPSA) is 0 Å². The second-order valence-electron chi connectivity index (χ2n) is 13.7. The Labute approximate surface area is 211 Å². The molecule has 0 aliphatic heterocycles. The first kappa shape index (κ1) is 29.4. The van der Waals surface area contributed by atoms with Gasteiger partial charge in [-0.05, 0) is 30.1 Å². The van der Waals surface area contributed by atoms with Crippen LogP contribution in [0.25, 0.3) is 0 Å². The molecule has 33 heavy (non-hydrogen) atoms. The maximum atomic E-state index is 15.0. The Morgan fingerprint density at radius 1 is 0.697 bits per heavy atom. The van der Waals surface area contributed by atoms with Crippen LogP contribution < -0.4 is 0 Å². The standard InChI is InChI=1S/C29H58B3F/c1-23(30)29(3,32)28(2,31)21-20-26(24-16-12-8-4-5-9-13-17-24)27(22-33)25-18-14-10-6-7-11-15-19-25/h23-27H,4-22,30-32H2,1-3H3/t23?,26-,27+,28?,29-/m0/s1. The van der Waals surface area contributed by atoms with E-state index < -0.39 is 0 Å². The molecule has 190 valence electrons. The van der Waals surface area contributed by atoms with Crippen molar-refractivity contribution in [2.45, 2.75) is 153 Å². The van der Waals surface area contributed by atoms with Crippen LogP contribution in [-0.4, -0.2) is 30.2 Å². The molecule has 0 aromatic heterocycles. The van der Waals surface area contributed by atoms with Crippen LogP contribution in [0.3, 0.4) is 0 Å². The average Bonchev–Trinajstić information content (AvgIpc) is 2.99. The summed E-state index contributed by atoms with van der Waals surface area (Å²) in [7, 11) is 7.36. The van der Waals surface area contributed by atoms with Crippen LogP contribution in [0.2, 0.25) is 16.4 Å². The largest absolute Gasteiger partial charge is 0.251 e. The molecule has 5 atom stereocenters. The third kappa shape index (κ3) is 8.93. The molecule has 2 aliphatic rings. The molecule has 4 heteroatoms. The van der Waals surface area contributed by atoms with Crippen molar-refractivity contribution in [3.63, 3.8) is 0 Å². The minimum absolute atomic E-state index is 0.0696. The first-order valence-corrected chi connectivity index (χ1v) is 15.3. The van der Waals surface area contributed by atoms with Crippen molar-refractivity contribution in [3.05, 3.63) is 0 Å². The van der Waals surface area contributed by atoms with Gasteiger partial charge in [-0.3, -0.25) is 4.39 Å². The lowest BCUT2D eigenvalue weighted by atomic mass is 9.38. The predicted molar refractivity (Wildman–Crippen MR) is 155 cm³/mol. The van der Waals surface area contributed by atoms with Crippen LogP contribution in [-0.2, 0) is 0 Å². The highest BCUT2D eigenvalue weighted by molar-refractivity contribution is 6.30. The number of halogens is 1. The van der Waals surface area contributed by atoms with Crippen molar-refractivity contribution in [3.8, 4) is 0 Å². The average molecular weight is 458 g/mol. The Hall–Kier alpha value is 0.125. The van der Waals surface area contributed by atoms with Gasteiger partial charge in [0.15, 0.2) is 0 Å². The summed E-state index contributed by atoms with van der Waals surface area (Å²) >= 11 is 0. The molecule has 2 saturated carbocycles. The van der Waals surface area contributed by atoms with E-state index in [4.69, 9.17) is 0 Å². The zero-order valence-corrected chi connectivity index (χ0v) is 23.7. The molecule has 2 rings (SSSR count). The fourth-order valence-corrected chi connectivity index (χ4v) is 7.21. The van der Waals surface area contributed by atoms with E-state index in [1.165, 1.54) is 116 Å². The van der Waals surface area contributed by atoms with Crippen LogP contribution in [0.1, 0.15) is 136 Å². The summed E-state index contributed by atoms with van der Waals surface area (Å²) in [6.45, 7) is 7.29. The molecule has 0 bridgehead atoms. The fraction of sp³-hybridized carbons (Fsp3) is 1.00. The Morgan fingerprint density at radius 3 is 1.42 bits per heavy atom. The second-order valence-corrected chi connectivity index (χ2v) is 13.7. The molecule has 2 unspecified atom stereocenters. The molecule has 0 heterocycles. The summed E-state index contributed by atoms with van der Waals surface area (Å²) in [4.78, 5) is 0. The maximum absolute atomic E-state index is 15.0. The highest BCUT2D eigenvalue weighted by atomic mass is 19.1. The van der Waals surface area contributed by atoms with Gasteiger partial charge in [0, 0.05) is 0 Å². The number of alkyl halides is 1. The van der Waals surface area contributed by atoms with Gasteiger partial charge >= 0.3 is 0 Å². The first-order chi connectivity index (χ1) is 15.7. The Morgan fingerprint density at radius 2 is 1.06 bits per heavy atom. The third-order valence-corrected chi connectivity index (χ3v) is 11.0. The van der Waals surface area contributed by atoms with Crippen molar-refractivity contribution in [1.82, 2.24) is 0 Å². The van der Waals surface area contributed by atoms with E-state index in [-0.39, 0.29) is 12.0 Å².